The van der Waals surface area contributed by atoms with Crippen molar-refractivity contribution >= 4 is 34.1 Å². The maximum atomic E-state index is 12.4. The maximum Gasteiger partial charge on any atom is 0.326 e. The van der Waals surface area contributed by atoms with Gasteiger partial charge in [0.15, 0.2) is 0 Å². The molecule has 0 aliphatic carbocycles. The van der Waals surface area contributed by atoms with Crippen molar-refractivity contribution in [1.82, 2.24) is 5.32 Å². The van der Waals surface area contributed by atoms with Gasteiger partial charge in [-0.05, 0) is 24.8 Å². The number of carbonyl (C=O) groups is 3. The molecule has 1 aromatic rings. The molecule has 0 aliphatic rings. The lowest BCUT2D eigenvalue weighted by Crippen LogP contribution is -2.44. The number of rotatable bonds is 7. The summed E-state index contributed by atoms with van der Waals surface area (Å²) in [5.41, 5.74) is 0.302. The Kier molecular flexibility index (Phi) is 6.75. The number of hydrogen-bond donors (Lipinski definition) is 3. The van der Waals surface area contributed by atoms with Crippen molar-refractivity contribution in [2.75, 3.05) is 5.32 Å². The van der Waals surface area contributed by atoms with Gasteiger partial charge in [0.1, 0.15) is 11.0 Å². The molecule has 0 saturated carbocycles. The van der Waals surface area contributed by atoms with Crippen LogP contribution in [-0.4, -0.2) is 28.9 Å². The minimum atomic E-state index is -1.08. The molecule has 3 N–H and O–H groups in total. The summed E-state index contributed by atoms with van der Waals surface area (Å²) in [7, 11) is 0. The molecule has 0 aromatic carbocycles. The molecule has 0 saturated heterocycles. The minimum absolute atomic E-state index is 0.158. The number of hydrogen-bond acceptors (Lipinski definition) is 4. The Bertz CT molecular complexity index is 593. The van der Waals surface area contributed by atoms with E-state index in [2.05, 4.69) is 10.6 Å². The van der Waals surface area contributed by atoms with E-state index in [-0.39, 0.29) is 17.7 Å². The smallest absolute Gasteiger partial charge is 0.326 e. The number of amides is 2. The van der Waals surface area contributed by atoms with Gasteiger partial charge < -0.3 is 15.7 Å². The summed E-state index contributed by atoms with van der Waals surface area (Å²) >= 11 is 1.30. The second-order valence-corrected chi connectivity index (χ2v) is 7.54. The zero-order valence-corrected chi connectivity index (χ0v) is 14.9. The van der Waals surface area contributed by atoms with Gasteiger partial charge in [0.25, 0.3) is 5.91 Å². The van der Waals surface area contributed by atoms with Gasteiger partial charge in [0, 0.05) is 11.3 Å². The van der Waals surface area contributed by atoms with Crippen molar-refractivity contribution in [3.63, 3.8) is 0 Å². The molecule has 2 amide bonds. The van der Waals surface area contributed by atoms with Gasteiger partial charge in [-0.2, -0.15) is 0 Å². The van der Waals surface area contributed by atoms with Crippen LogP contribution in [0.1, 0.15) is 49.4 Å². The van der Waals surface area contributed by atoms with Gasteiger partial charge >= 0.3 is 5.97 Å². The van der Waals surface area contributed by atoms with Crippen molar-refractivity contribution in [3.8, 4) is 0 Å². The van der Waals surface area contributed by atoms with Crippen LogP contribution in [0.3, 0.4) is 0 Å². The highest BCUT2D eigenvalue weighted by atomic mass is 32.1. The number of carbonyl (C=O) groups excluding carboxylic acids is 2. The molecule has 6 nitrogen and oxygen atoms in total. The van der Waals surface area contributed by atoms with E-state index >= 15 is 0 Å². The summed E-state index contributed by atoms with van der Waals surface area (Å²) in [5, 5.41) is 14.9. The fraction of sp³-hybridized carbons (Fsp3) is 0.562. The average molecular weight is 340 g/mol. The van der Waals surface area contributed by atoms with E-state index < -0.39 is 17.9 Å². The van der Waals surface area contributed by atoms with E-state index in [9.17, 15) is 19.5 Å². The minimum Gasteiger partial charge on any atom is -0.480 e. The van der Waals surface area contributed by atoms with Gasteiger partial charge in [0.05, 0.1) is 5.56 Å². The number of nitrogens with one attached hydrogen (secondary N) is 2. The van der Waals surface area contributed by atoms with E-state index in [4.69, 9.17) is 0 Å². The van der Waals surface area contributed by atoms with E-state index in [0.717, 1.165) is 4.88 Å². The van der Waals surface area contributed by atoms with E-state index in [1.165, 1.54) is 11.3 Å². The molecule has 0 bridgehead atoms. The number of carboxylic acid groups (broad SMARTS) is 1. The number of aryl methyl sites for hydroxylation is 1. The zero-order valence-electron chi connectivity index (χ0n) is 14.1. The van der Waals surface area contributed by atoms with E-state index in [1.54, 1.807) is 19.9 Å². The standard InChI is InChI=1S/C16H24N2O4S/c1-8(2)6-12(19)17-15-11(7-10(5)23-15)14(20)18-13(9(3)4)16(21)22/h7-9,13H,6H2,1-5H3,(H,17,19)(H,18,20)(H,21,22). The normalized spacial score (nSPS) is 12.3. The summed E-state index contributed by atoms with van der Waals surface area (Å²) in [6.07, 6.45) is 0.363. The third-order valence-corrected chi connectivity index (χ3v) is 4.13. The molecule has 7 heteroatoms. The zero-order chi connectivity index (χ0) is 17.7. The molecular formula is C16H24N2O4S. The topological polar surface area (TPSA) is 95.5 Å². The van der Waals surface area contributed by atoms with Crippen LogP contribution < -0.4 is 10.6 Å². The van der Waals surface area contributed by atoms with Gasteiger partial charge in [-0.3, -0.25) is 9.59 Å². The van der Waals surface area contributed by atoms with Crippen LogP contribution in [0, 0.1) is 18.8 Å². The van der Waals surface area contributed by atoms with Crippen LogP contribution in [0.4, 0.5) is 5.00 Å². The van der Waals surface area contributed by atoms with Crippen LogP contribution in [0.5, 0.6) is 0 Å². The number of carboxylic acids is 1. The predicted octanol–water partition coefficient (Wildman–Crippen LogP) is 2.88. The maximum absolute atomic E-state index is 12.4. The largest absolute Gasteiger partial charge is 0.480 e. The monoisotopic (exact) mass is 340 g/mol. The molecular weight excluding hydrogens is 316 g/mol. The molecule has 0 radical (unpaired) electrons. The molecule has 1 rings (SSSR count). The quantitative estimate of drug-likeness (QED) is 0.711. The Labute approximate surface area is 140 Å². The second kappa shape index (κ2) is 8.10. The van der Waals surface area contributed by atoms with Gasteiger partial charge in [-0.1, -0.05) is 27.7 Å². The first-order chi connectivity index (χ1) is 10.6. The fourth-order valence-electron chi connectivity index (χ4n) is 2.06. The molecule has 1 atom stereocenters. The van der Waals surface area contributed by atoms with Crippen molar-refractivity contribution in [2.45, 2.75) is 47.1 Å². The van der Waals surface area contributed by atoms with Crippen molar-refractivity contribution in [2.24, 2.45) is 11.8 Å². The summed E-state index contributed by atoms with van der Waals surface area (Å²) < 4.78 is 0. The van der Waals surface area contributed by atoms with Gasteiger partial charge in [0.2, 0.25) is 5.91 Å². The average Bonchev–Trinajstić information content (AvgIpc) is 2.74. The van der Waals surface area contributed by atoms with E-state index in [1.807, 2.05) is 20.8 Å². The Morgan fingerprint density at radius 1 is 1.22 bits per heavy atom. The summed E-state index contributed by atoms with van der Waals surface area (Å²) in [5.74, 6) is -1.75. The summed E-state index contributed by atoms with van der Waals surface area (Å²) in [4.78, 5) is 36.4. The molecule has 128 valence electrons. The lowest BCUT2D eigenvalue weighted by Gasteiger charge is -2.18. The van der Waals surface area contributed by atoms with Crippen LogP contribution in [0.25, 0.3) is 0 Å². The van der Waals surface area contributed by atoms with Crippen LogP contribution in [0.15, 0.2) is 6.07 Å². The lowest BCUT2D eigenvalue weighted by atomic mass is 10.0. The Hall–Kier alpha value is -1.89. The van der Waals surface area contributed by atoms with Crippen LogP contribution in [0.2, 0.25) is 0 Å². The Balaban J connectivity index is 2.93. The number of thiophene rings is 1. The third-order valence-electron chi connectivity index (χ3n) is 3.17. The molecule has 0 aliphatic heterocycles. The van der Waals surface area contributed by atoms with Crippen molar-refractivity contribution in [1.29, 1.82) is 0 Å². The molecule has 0 spiro atoms. The van der Waals surface area contributed by atoms with Crippen molar-refractivity contribution in [3.05, 3.63) is 16.5 Å². The molecule has 1 aromatic heterocycles. The number of aliphatic carboxylic acids is 1. The number of anilines is 1. The first kappa shape index (κ1) is 19.2. The highest BCUT2D eigenvalue weighted by Crippen LogP contribution is 2.28. The fourth-order valence-corrected chi connectivity index (χ4v) is 2.98. The van der Waals surface area contributed by atoms with Gasteiger partial charge in [-0.15, -0.1) is 11.3 Å². The second-order valence-electron chi connectivity index (χ2n) is 6.28. The van der Waals surface area contributed by atoms with Gasteiger partial charge in [-0.25, -0.2) is 4.79 Å². The lowest BCUT2D eigenvalue weighted by molar-refractivity contribution is -0.140. The Morgan fingerprint density at radius 3 is 2.30 bits per heavy atom. The first-order valence-electron chi connectivity index (χ1n) is 7.55. The first-order valence-corrected chi connectivity index (χ1v) is 8.37. The molecule has 23 heavy (non-hydrogen) atoms. The highest BCUT2D eigenvalue weighted by Gasteiger charge is 2.26. The molecule has 1 heterocycles. The van der Waals surface area contributed by atoms with Crippen LogP contribution in [-0.2, 0) is 9.59 Å². The van der Waals surface area contributed by atoms with Crippen LogP contribution >= 0.6 is 11.3 Å². The third kappa shape index (κ3) is 5.67. The summed E-state index contributed by atoms with van der Waals surface area (Å²) in [6, 6.07) is 0.687. The molecule has 1 unspecified atom stereocenters. The Morgan fingerprint density at radius 2 is 1.83 bits per heavy atom. The van der Waals surface area contributed by atoms with E-state index in [0.29, 0.717) is 17.0 Å². The predicted molar refractivity (Wildman–Crippen MR) is 90.9 cm³/mol. The molecule has 0 fully saturated rings. The SMILES string of the molecule is Cc1cc(C(=O)NC(C(=O)O)C(C)C)c(NC(=O)CC(C)C)s1. The van der Waals surface area contributed by atoms with Crippen molar-refractivity contribution < 1.29 is 19.5 Å². The highest BCUT2D eigenvalue weighted by molar-refractivity contribution is 7.16. The summed E-state index contributed by atoms with van der Waals surface area (Å²) in [6.45, 7) is 9.16.